The fraction of sp³-hybridized carbons (Fsp3) is 0.357. The van der Waals surface area contributed by atoms with Gasteiger partial charge in [0.1, 0.15) is 0 Å². The third-order valence-electron chi connectivity index (χ3n) is 2.72. The van der Waals surface area contributed by atoms with Crippen LogP contribution in [0.3, 0.4) is 0 Å². The van der Waals surface area contributed by atoms with Crippen molar-refractivity contribution in [2.75, 3.05) is 33.2 Å². The number of carboxylic acids is 1. The summed E-state index contributed by atoms with van der Waals surface area (Å²) in [5, 5.41) is 11.8. The Bertz CT molecular complexity index is 485. The van der Waals surface area contributed by atoms with Crippen LogP contribution < -0.4 is 19.5 Å². The van der Waals surface area contributed by atoms with Gasteiger partial charge in [-0.15, -0.1) is 0 Å². The minimum Gasteiger partial charge on any atom is -0.493 e. The van der Waals surface area contributed by atoms with E-state index in [9.17, 15) is 4.79 Å². The molecule has 0 radical (unpaired) electrons. The van der Waals surface area contributed by atoms with Crippen molar-refractivity contribution < 1.29 is 24.1 Å². The Balaban J connectivity index is 2.91. The maximum absolute atomic E-state index is 10.7. The molecule has 0 heterocycles. The van der Waals surface area contributed by atoms with Gasteiger partial charge in [-0.25, -0.2) is 4.79 Å². The summed E-state index contributed by atoms with van der Waals surface area (Å²) >= 11 is 0. The van der Waals surface area contributed by atoms with Crippen LogP contribution in [0, 0.1) is 0 Å². The quantitative estimate of drug-likeness (QED) is 0.746. The summed E-state index contributed by atoms with van der Waals surface area (Å²) in [4.78, 5) is 10.7. The molecule has 0 atom stereocenters. The highest BCUT2D eigenvalue weighted by atomic mass is 16.5. The van der Waals surface area contributed by atoms with Crippen LogP contribution in [0.2, 0.25) is 0 Å². The van der Waals surface area contributed by atoms with Crippen LogP contribution in [0.5, 0.6) is 17.2 Å². The lowest BCUT2D eigenvalue weighted by molar-refractivity contribution is -0.132. The summed E-state index contributed by atoms with van der Waals surface area (Å²) in [6, 6.07) is 3.51. The van der Waals surface area contributed by atoms with E-state index in [1.165, 1.54) is 21.3 Å². The number of anilines is 1. The molecule has 20 heavy (non-hydrogen) atoms. The number of hydrogen-bond donors (Lipinski definition) is 2. The maximum Gasteiger partial charge on any atom is 0.331 e. The molecule has 0 saturated carbocycles. The lowest BCUT2D eigenvalue weighted by atomic mass is 10.2. The van der Waals surface area contributed by atoms with Crippen molar-refractivity contribution in [3.8, 4) is 17.2 Å². The Kier molecular flexibility index (Phi) is 5.71. The highest BCUT2D eigenvalue weighted by molar-refractivity contribution is 5.85. The van der Waals surface area contributed by atoms with Gasteiger partial charge >= 0.3 is 5.97 Å². The van der Waals surface area contributed by atoms with Crippen molar-refractivity contribution in [2.45, 2.75) is 6.92 Å². The maximum atomic E-state index is 10.7. The number of nitrogens with one attached hydrogen (secondary N) is 1. The zero-order valence-corrected chi connectivity index (χ0v) is 12.0. The largest absolute Gasteiger partial charge is 0.493 e. The summed E-state index contributed by atoms with van der Waals surface area (Å²) in [6.45, 7) is 1.93. The zero-order chi connectivity index (χ0) is 15.1. The van der Waals surface area contributed by atoms with Crippen LogP contribution in [-0.4, -0.2) is 38.9 Å². The molecule has 0 aromatic heterocycles. The van der Waals surface area contributed by atoms with Crippen molar-refractivity contribution >= 4 is 11.7 Å². The molecule has 0 fully saturated rings. The van der Waals surface area contributed by atoms with Gasteiger partial charge in [0.05, 0.1) is 21.3 Å². The van der Waals surface area contributed by atoms with E-state index in [1.807, 2.05) is 0 Å². The number of carboxylic acid groups (broad SMARTS) is 1. The summed E-state index contributed by atoms with van der Waals surface area (Å²) in [5.41, 5.74) is 1.03. The average molecular weight is 281 g/mol. The normalized spacial score (nSPS) is 10.9. The molecule has 110 valence electrons. The van der Waals surface area contributed by atoms with Gasteiger partial charge in [0.25, 0.3) is 0 Å². The van der Waals surface area contributed by atoms with Crippen molar-refractivity contribution in [2.24, 2.45) is 0 Å². The number of methoxy groups -OCH3 is 3. The third kappa shape index (κ3) is 3.81. The minimum absolute atomic E-state index is 0.282. The predicted molar refractivity (Wildman–Crippen MR) is 76.0 cm³/mol. The van der Waals surface area contributed by atoms with E-state index in [1.54, 1.807) is 25.1 Å². The number of benzene rings is 1. The summed E-state index contributed by atoms with van der Waals surface area (Å²) < 4.78 is 15.7. The highest BCUT2D eigenvalue weighted by Gasteiger charge is 2.12. The third-order valence-corrected chi connectivity index (χ3v) is 2.72. The Morgan fingerprint density at radius 1 is 1.20 bits per heavy atom. The molecule has 0 amide bonds. The van der Waals surface area contributed by atoms with Gasteiger partial charge in [-0.2, -0.15) is 0 Å². The van der Waals surface area contributed by atoms with Crippen LogP contribution in [-0.2, 0) is 4.79 Å². The van der Waals surface area contributed by atoms with Gasteiger partial charge in [-0.1, -0.05) is 6.08 Å². The molecule has 2 N–H and O–H groups in total. The zero-order valence-electron chi connectivity index (χ0n) is 12.0. The molecular weight excluding hydrogens is 262 g/mol. The van der Waals surface area contributed by atoms with Crippen LogP contribution in [0.1, 0.15) is 6.92 Å². The van der Waals surface area contributed by atoms with E-state index in [2.05, 4.69) is 5.32 Å². The molecule has 1 aromatic carbocycles. The number of ether oxygens (including phenoxy) is 3. The van der Waals surface area contributed by atoms with Gasteiger partial charge in [0, 0.05) is 29.9 Å². The second-order valence-electron chi connectivity index (χ2n) is 3.99. The van der Waals surface area contributed by atoms with Gasteiger partial charge < -0.3 is 24.6 Å². The van der Waals surface area contributed by atoms with E-state index >= 15 is 0 Å². The molecule has 6 nitrogen and oxygen atoms in total. The molecule has 6 heteroatoms. The Labute approximate surface area is 118 Å². The molecule has 0 spiro atoms. The Morgan fingerprint density at radius 2 is 1.75 bits per heavy atom. The van der Waals surface area contributed by atoms with Crippen LogP contribution in [0.25, 0.3) is 0 Å². The molecule has 0 aliphatic rings. The molecule has 0 unspecified atom stereocenters. The van der Waals surface area contributed by atoms with Gasteiger partial charge in [-0.3, -0.25) is 0 Å². The van der Waals surface area contributed by atoms with Gasteiger partial charge in [0.15, 0.2) is 11.5 Å². The summed E-state index contributed by atoms with van der Waals surface area (Å²) in [6.07, 6.45) is 1.59. The SMILES string of the molecule is COc1cc(NC/C=C(/C)C(=O)O)cc(OC)c1OC. The topological polar surface area (TPSA) is 77.0 Å². The molecule has 0 aliphatic carbocycles. The molecule has 0 saturated heterocycles. The number of aliphatic carboxylic acids is 1. The smallest absolute Gasteiger partial charge is 0.331 e. The predicted octanol–water partition coefficient (Wildman–Crippen LogP) is 2.16. The van der Waals surface area contributed by atoms with Crippen LogP contribution in [0.15, 0.2) is 23.8 Å². The first-order valence-electron chi connectivity index (χ1n) is 5.97. The minimum atomic E-state index is -0.934. The van der Waals surface area contributed by atoms with Crippen molar-refractivity contribution in [3.63, 3.8) is 0 Å². The Morgan fingerprint density at radius 3 is 2.15 bits per heavy atom. The fourth-order valence-corrected chi connectivity index (χ4v) is 1.59. The first-order valence-corrected chi connectivity index (χ1v) is 5.97. The lowest BCUT2D eigenvalue weighted by Crippen LogP contribution is -2.04. The van der Waals surface area contributed by atoms with E-state index < -0.39 is 5.97 Å². The fourth-order valence-electron chi connectivity index (χ4n) is 1.59. The number of hydrogen-bond acceptors (Lipinski definition) is 5. The summed E-state index contributed by atoms with van der Waals surface area (Å²) in [7, 11) is 4.61. The van der Waals surface area contributed by atoms with Crippen molar-refractivity contribution in [3.05, 3.63) is 23.8 Å². The Hall–Kier alpha value is -2.37. The molecular formula is C14H19NO5. The monoisotopic (exact) mass is 281 g/mol. The lowest BCUT2D eigenvalue weighted by Gasteiger charge is -2.14. The van der Waals surface area contributed by atoms with Crippen LogP contribution >= 0.6 is 0 Å². The first kappa shape index (κ1) is 15.7. The average Bonchev–Trinajstić information content (AvgIpc) is 2.45. The van der Waals surface area contributed by atoms with Gasteiger partial charge in [0.2, 0.25) is 5.75 Å². The van der Waals surface area contributed by atoms with E-state index in [0.717, 1.165) is 5.69 Å². The second-order valence-corrected chi connectivity index (χ2v) is 3.99. The number of carbonyl (C=O) groups is 1. The van der Waals surface area contributed by atoms with Crippen LogP contribution in [0.4, 0.5) is 5.69 Å². The number of rotatable bonds is 7. The van der Waals surface area contributed by atoms with Crippen molar-refractivity contribution in [1.29, 1.82) is 0 Å². The highest BCUT2D eigenvalue weighted by Crippen LogP contribution is 2.39. The molecule has 1 rings (SSSR count). The van der Waals surface area contributed by atoms with E-state index in [-0.39, 0.29) is 5.57 Å². The standard InChI is InChI=1S/C14H19NO5/c1-9(14(16)17)5-6-15-10-7-11(18-2)13(20-4)12(8-10)19-3/h5,7-8,15H,6H2,1-4H3,(H,16,17)/b9-5-. The molecule has 0 bridgehead atoms. The second kappa shape index (κ2) is 7.28. The summed E-state index contributed by atoms with van der Waals surface area (Å²) in [5.74, 6) is 0.649. The van der Waals surface area contributed by atoms with Gasteiger partial charge in [-0.05, 0) is 6.92 Å². The van der Waals surface area contributed by atoms with E-state index in [4.69, 9.17) is 19.3 Å². The van der Waals surface area contributed by atoms with Crippen molar-refractivity contribution in [1.82, 2.24) is 0 Å². The molecule has 1 aromatic rings. The molecule has 0 aliphatic heterocycles. The van der Waals surface area contributed by atoms with E-state index in [0.29, 0.717) is 23.8 Å². The first-order chi connectivity index (χ1) is 9.53.